The second kappa shape index (κ2) is 5.00. The van der Waals surface area contributed by atoms with E-state index in [1.165, 1.54) is 25.7 Å². The summed E-state index contributed by atoms with van der Waals surface area (Å²) in [7, 11) is 4.08. The Labute approximate surface area is 120 Å². The van der Waals surface area contributed by atoms with E-state index in [4.69, 9.17) is 10.7 Å². The standard InChI is InChI=1S/C16H24N4/c1-11-4-6-12(7-5-11)15-16(17)20-10-13(19(2)3)8-9-14(20)18-15/h8-12H,4-7,17H2,1-3H3. The van der Waals surface area contributed by atoms with Gasteiger partial charge in [-0.2, -0.15) is 0 Å². The van der Waals surface area contributed by atoms with E-state index in [1.54, 1.807) is 0 Å². The van der Waals surface area contributed by atoms with Crippen LogP contribution in [0.5, 0.6) is 0 Å². The van der Waals surface area contributed by atoms with Gasteiger partial charge >= 0.3 is 0 Å². The lowest BCUT2D eigenvalue weighted by atomic mass is 9.81. The Morgan fingerprint density at radius 1 is 1.20 bits per heavy atom. The van der Waals surface area contributed by atoms with Crippen molar-refractivity contribution < 1.29 is 0 Å². The van der Waals surface area contributed by atoms with Crippen LogP contribution in [0.4, 0.5) is 11.5 Å². The molecule has 0 amide bonds. The number of imidazole rings is 1. The van der Waals surface area contributed by atoms with Crippen LogP contribution in [-0.2, 0) is 0 Å². The minimum atomic E-state index is 0.536. The van der Waals surface area contributed by atoms with Gasteiger partial charge in [-0.1, -0.05) is 19.8 Å². The average molecular weight is 272 g/mol. The highest BCUT2D eigenvalue weighted by molar-refractivity contribution is 5.59. The molecule has 2 heterocycles. The van der Waals surface area contributed by atoms with Crippen LogP contribution in [-0.4, -0.2) is 23.5 Å². The van der Waals surface area contributed by atoms with Crippen molar-refractivity contribution in [1.29, 1.82) is 0 Å². The van der Waals surface area contributed by atoms with Gasteiger partial charge in [-0.05, 0) is 30.9 Å². The summed E-state index contributed by atoms with van der Waals surface area (Å²) in [5.41, 5.74) is 9.56. The van der Waals surface area contributed by atoms with E-state index >= 15 is 0 Å². The predicted octanol–water partition coefficient (Wildman–Crippen LogP) is 3.28. The molecule has 4 heteroatoms. The van der Waals surface area contributed by atoms with Gasteiger partial charge in [0.2, 0.25) is 0 Å². The molecule has 0 aromatic carbocycles. The summed E-state index contributed by atoms with van der Waals surface area (Å²) in [4.78, 5) is 6.87. The van der Waals surface area contributed by atoms with Crippen LogP contribution in [0.2, 0.25) is 0 Å². The Morgan fingerprint density at radius 2 is 1.90 bits per heavy atom. The Bertz CT molecular complexity index is 606. The number of nitrogens with zero attached hydrogens (tertiary/aromatic N) is 3. The lowest BCUT2D eigenvalue weighted by molar-refractivity contribution is 0.345. The van der Waals surface area contributed by atoms with Crippen molar-refractivity contribution in [3.63, 3.8) is 0 Å². The first-order chi connectivity index (χ1) is 9.56. The van der Waals surface area contributed by atoms with E-state index in [0.29, 0.717) is 5.92 Å². The first-order valence-electron chi connectivity index (χ1n) is 7.51. The summed E-state index contributed by atoms with van der Waals surface area (Å²) < 4.78 is 2.03. The number of aromatic nitrogens is 2. The smallest absolute Gasteiger partial charge is 0.138 e. The van der Waals surface area contributed by atoms with Crippen molar-refractivity contribution in [2.24, 2.45) is 5.92 Å². The summed E-state index contributed by atoms with van der Waals surface area (Å²) >= 11 is 0. The highest BCUT2D eigenvalue weighted by Crippen LogP contribution is 2.37. The second-order valence-corrected chi connectivity index (χ2v) is 6.35. The van der Waals surface area contributed by atoms with Gasteiger partial charge in [0.25, 0.3) is 0 Å². The molecule has 0 atom stereocenters. The van der Waals surface area contributed by atoms with E-state index in [9.17, 15) is 0 Å². The number of nitrogens with two attached hydrogens (primary N) is 1. The minimum absolute atomic E-state index is 0.536. The molecular weight excluding hydrogens is 248 g/mol. The number of pyridine rings is 1. The molecule has 3 rings (SSSR count). The molecule has 1 aliphatic rings. The molecule has 108 valence electrons. The number of hydrogen-bond donors (Lipinski definition) is 1. The molecule has 2 aromatic heterocycles. The van der Waals surface area contributed by atoms with Crippen LogP contribution in [0.25, 0.3) is 5.65 Å². The van der Waals surface area contributed by atoms with E-state index in [1.807, 2.05) is 18.5 Å². The lowest BCUT2D eigenvalue weighted by Crippen LogP contribution is -2.12. The fourth-order valence-electron chi connectivity index (χ4n) is 3.17. The Balaban J connectivity index is 1.98. The summed E-state index contributed by atoms with van der Waals surface area (Å²) in [6.45, 7) is 2.34. The van der Waals surface area contributed by atoms with Gasteiger partial charge < -0.3 is 10.6 Å². The van der Waals surface area contributed by atoms with Crippen LogP contribution in [0, 0.1) is 5.92 Å². The first kappa shape index (κ1) is 13.3. The number of rotatable bonds is 2. The first-order valence-corrected chi connectivity index (χ1v) is 7.51. The third-order valence-electron chi connectivity index (χ3n) is 4.59. The summed E-state index contributed by atoms with van der Waals surface area (Å²) in [6.07, 6.45) is 7.10. The van der Waals surface area contributed by atoms with E-state index in [2.05, 4.69) is 30.2 Å². The van der Waals surface area contributed by atoms with Gasteiger partial charge in [0, 0.05) is 26.2 Å². The normalized spacial score (nSPS) is 23.1. The summed E-state index contributed by atoms with van der Waals surface area (Å²) in [6, 6.07) is 4.15. The Morgan fingerprint density at radius 3 is 2.55 bits per heavy atom. The SMILES string of the molecule is CC1CCC(c2nc3ccc(N(C)C)cn3c2N)CC1. The predicted molar refractivity (Wildman–Crippen MR) is 84.3 cm³/mol. The fourth-order valence-corrected chi connectivity index (χ4v) is 3.17. The highest BCUT2D eigenvalue weighted by Gasteiger charge is 2.24. The molecule has 0 spiro atoms. The topological polar surface area (TPSA) is 46.6 Å². The van der Waals surface area contributed by atoms with E-state index in [0.717, 1.165) is 28.8 Å². The van der Waals surface area contributed by atoms with Gasteiger partial charge in [-0.25, -0.2) is 4.98 Å². The zero-order chi connectivity index (χ0) is 14.3. The van der Waals surface area contributed by atoms with Crippen LogP contribution < -0.4 is 10.6 Å². The van der Waals surface area contributed by atoms with Crippen molar-refractivity contribution in [2.45, 2.75) is 38.5 Å². The molecule has 1 aliphatic carbocycles. The number of anilines is 2. The number of hydrogen-bond acceptors (Lipinski definition) is 3. The molecular formula is C16H24N4. The summed E-state index contributed by atoms with van der Waals surface area (Å²) in [5, 5.41) is 0. The third kappa shape index (κ3) is 2.23. The molecule has 20 heavy (non-hydrogen) atoms. The molecule has 0 saturated heterocycles. The molecule has 0 aliphatic heterocycles. The highest BCUT2D eigenvalue weighted by atomic mass is 15.1. The zero-order valence-electron chi connectivity index (χ0n) is 12.6. The van der Waals surface area contributed by atoms with Gasteiger partial charge in [-0.3, -0.25) is 4.40 Å². The van der Waals surface area contributed by atoms with Crippen LogP contribution >= 0.6 is 0 Å². The van der Waals surface area contributed by atoms with Crippen molar-refractivity contribution in [3.05, 3.63) is 24.0 Å². The molecule has 0 unspecified atom stereocenters. The van der Waals surface area contributed by atoms with Gasteiger partial charge in [-0.15, -0.1) is 0 Å². The maximum Gasteiger partial charge on any atom is 0.138 e. The van der Waals surface area contributed by atoms with Gasteiger partial charge in [0.05, 0.1) is 11.4 Å². The fraction of sp³-hybridized carbons (Fsp3) is 0.562. The molecule has 4 nitrogen and oxygen atoms in total. The van der Waals surface area contributed by atoms with E-state index in [-0.39, 0.29) is 0 Å². The molecule has 1 fully saturated rings. The molecule has 2 N–H and O–H groups in total. The van der Waals surface area contributed by atoms with Crippen LogP contribution in [0.3, 0.4) is 0 Å². The Kier molecular flexibility index (Phi) is 3.32. The number of fused-ring (bicyclic) bond motifs is 1. The lowest BCUT2D eigenvalue weighted by Gasteiger charge is -2.25. The minimum Gasteiger partial charge on any atom is -0.383 e. The maximum absolute atomic E-state index is 6.36. The van der Waals surface area contributed by atoms with Crippen LogP contribution in [0.15, 0.2) is 18.3 Å². The molecule has 2 aromatic rings. The maximum atomic E-state index is 6.36. The quantitative estimate of drug-likeness (QED) is 0.912. The molecule has 0 radical (unpaired) electrons. The van der Waals surface area contributed by atoms with Crippen molar-refractivity contribution in [2.75, 3.05) is 24.7 Å². The van der Waals surface area contributed by atoms with Crippen molar-refractivity contribution >= 4 is 17.2 Å². The van der Waals surface area contributed by atoms with Gasteiger partial charge in [0.1, 0.15) is 11.5 Å². The molecule has 0 bridgehead atoms. The Hall–Kier alpha value is -1.71. The van der Waals surface area contributed by atoms with Gasteiger partial charge in [0.15, 0.2) is 0 Å². The number of nitrogen functional groups attached to an aromatic ring is 1. The largest absolute Gasteiger partial charge is 0.383 e. The molecule has 1 saturated carbocycles. The second-order valence-electron chi connectivity index (χ2n) is 6.35. The van der Waals surface area contributed by atoms with Crippen molar-refractivity contribution in [3.8, 4) is 0 Å². The third-order valence-corrected chi connectivity index (χ3v) is 4.59. The van der Waals surface area contributed by atoms with Crippen molar-refractivity contribution in [1.82, 2.24) is 9.38 Å². The zero-order valence-corrected chi connectivity index (χ0v) is 12.6. The average Bonchev–Trinajstić information content (AvgIpc) is 2.76. The van der Waals surface area contributed by atoms with Crippen LogP contribution in [0.1, 0.15) is 44.2 Å². The monoisotopic (exact) mass is 272 g/mol. The summed E-state index contributed by atoms with van der Waals surface area (Å²) in [5.74, 6) is 2.21. The van der Waals surface area contributed by atoms with E-state index < -0.39 is 0 Å².